The highest BCUT2D eigenvalue weighted by atomic mass is 32.2. The lowest BCUT2D eigenvalue weighted by Gasteiger charge is -2.07. The molecule has 7 heteroatoms. The van der Waals surface area contributed by atoms with Gasteiger partial charge in [-0.2, -0.15) is 0 Å². The predicted molar refractivity (Wildman–Crippen MR) is 98.5 cm³/mol. The van der Waals surface area contributed by atoms with Crippen molar-refractivity contribution in [2.75, 3.05) is 14.2 Å². The number of thioether (sulfide) groups is 1. The molecule has 1 heterocycles. The van der Waals surface area contributed by atoms with Gasteiger partial charge in [0.2, 0.25) is 0 Å². The Balaban J connectivity index is 1.86. The first kappa shape index (κ1) is 16.9. The Morgan fingerprint density at radius 3 is 2.60 bits per heavy atom. The van der Waals surface area contributed by atoms with Crippen LogP contribution in [-0.2, 0) is 4.79 Å². The van der Waals surface area contributed by atoms with Crippen LogP contribution in [0.25, 0.3) is 6.08 Å². The van der Waals surface area contributed by atoms with Crippen LogP contribution >= 0.6 is 11.8 Å². The van der Waals surface area contributed by atoms with Crippen LogP contribution < -0.4 is 14.8 Å². The second-order valence-corrected chi connectivity index (χ2v) is 6.12. The van der Waals surface area contributed by atoms with Crippen molar-refractivity contribution in [3.8, 4) is 17.2 Å². The van der Waals surface area contributed by atoms with Gasteiger partial charge in [-0.15, -0.1) is 0 Å². The number of hydrogen-bond donors (Lipinski definition) is 2. The van der Waals surface area contributed by atoms with Crippen molar-refractivity contribution in [2.24, 2.45) is 4.99 Å². The second kappa shape index (κ2) is 7.31. The number of aliphatic imine (C=N–C) groups is 1. The minimum Gasteiger partial charge on any atom is -0.506 e. The number of para-hydroxylation sites is 2. The lowest BCUT2D eigenvalue weighted by molar-refractivity contribution is -0.115. The minimum absolute atomic E-state index is 0.0576. The van der Waals surface area contributed by atoms with E-state index >= 15 is 0 Å². The number of benzene rings is 2. The first-order valence-electron chi connectivity index (χ1n) is 7.40. The molecule has 1 amide bonds. The number of aromatic hydroxyl groups is 1. The van der Waals surface area contributed by atoms with Crippen molar-refractivity contribution in [1.82, 2.24) is 5.32 Å². The zero-order valence-electron chi connectivity index (χ0n) is 13.6. The average molecular weight is 356 g/mol. The molecule has 0 spiro atoms. The highest BCUT2D eigenvalue weighted by molar-refractivity contribution is 8.18. The Kier molecular flexibility index (Phi) is 4.95. The van der Waals surface area contributed by atoms with E-state index < -0.39 is 0 Å². The van der Waals surface area contributed by atoms with Gasteiger partial charge in [-0.1, -0.05) is 18.2 Å². The van der Waals surface area contributed by atoms with Gasteiger partial charge in [0.25, 0.3) is 5.91 Å². The van der Waals surface area contributed by atoms with Crippen LogP contribution in [0.2, 0.25) is 0 Å². The highest BCUT2D eigenvalue weighted by Gasteiger charge is 2.24. The normalized spacial score (nSPS) is 17.0. The summed E-state index contributed by atoms with van der Waals surface area (Å²) in [6, 6.07) is 12.1. The van der Waals surface area contributed by atoms with Crippen LogP contribution in [0.5, 0.6) is 17.2 Å². The standard InChI is InChI=1S/C18H16N2O4S/c1-23-14-8-7-11(9-15(14)24-2)10-16-17(22)20-18(25-16)19-12-5-3-4-6-13(12)21/h3-10,21H,1-2H3,(H,19,20,22)/b16-10-. The maximum atomic E-state index is 12.1. The molecule has 1 saturated heterocycles. The molecular formula is C18H16N2O4S. The summed E-state index contributed by atoms with van der Waals surface area (Å²) in [5.41, 5.74) is 1.21. The van der Waals surface area contributed by atoms with E-state index in [9.17, 15) is 9.90 Å². The summed E-state index contributed by atoms with van der Waals surface area (Å²) in [5, 5.41) is 12.9. The third-order valence-electron chi connectivity index (χ3n) is 3.46. The Hall–Kier alpha value is -2.93. The van der Waals surface area contributed by atoms with Gasteiger partial charge in [0.1, 0.15) is 11.4 Å². The number of ether oxygens (including phenoxy) is 2. The number of phenolic OH excluding ortho intramolecular Hbond substituents is 1. The Morgan fingerprint density at radius 1 is 1.12 bits per heavy atom. The van der Waals surface area contributed by atoms with Crippen molar-refractivity contribution < 1.29 is 19.4 Å². The van der Waals surface area contributed by atoms with Gasteiger partial charge in [0.15, 0.2) is 16.7 Å². The zero-order valence-corrected chi connectivity index (χ0v) is 14.5. The van der Waals surface area contributed by atoms with E-state index in [1.165, 1.54) is 11.8 Å². The number of phenols is 1. The molecule has 2 aromatic carbocycles. The summed E-state index contributed by atoms with van der Waals surface area (Å²) in [7, 11) is 3.13. The first-order valence-corrected chi connectivity index (χ1v) is 8.22. The number of carbonyl (C=O) groups excluding carboxylic acids is 1. The largest absolute Gasteiger partial charge is 0.506 e. The monoisotopic (exact) mass is 356 g/mol. The molecular weight excluding hydrogens is 340 g/mol. The summed E-state index contributed by atoms with van der Waals surface area (Å²) in [4.78, 5) is 16.9. The van der Waals surface area contributed by atoms with Gasteiger partial charge >= 0.3 is 0 Å². The van der Waals surface area contributed by atoms with E-state index in [1.807, 2.05) is 6.07 Å². The van der Waals surface area contributed by atoms with Gasteiger partial charge in [0.05, 0.1) is 19.1 Å². The number of nitrogens with zero attached hydrogens (tertiary/aromatic N) is 1. The molecule has 1 aliphatic rings. The van der Waals surface area contributed by atoms with Gasteiger partial charge in [-0.3, -0.25) is 4.79 Å². The quantitative estimate of drug-likeness (QED) is 0.822. The maximum Gasteiger partial charge on any atom is 0.264 e. The Morgan fingerprint density at radius 2 is 1.88 bits per heavy atom. The van der Waals surface area contributed by atoms with E-state index in [2.05, 4.69) is 10.3 Å². The lowest BCUT2D eigenvalue weighted by Crippen LogP contribution is -2.19. The van der Waals surface area contributed by atoms with Crippen molar-refractivity contribution in [2.45, 2.75) is 0 Å². The molecule has 25 heavy (non-hydrogen) atoms. The van der Waals surface area contributed by atoms with Crippen LogP contribution in [0.1, 0.15) is 5.56 Å². The minimum atomic E-state index is -0.242. The molecule has 6 nitrogen and oxygen atoms in total. The third kappa shape index (κ3) is 3.77. The number of methoxy groups -OCH3 is 2. The van der Waals surface area contributed by atoms with Crippen molar-refractivity contribution in [3.63, 3.8) is 0 Å². The molecule has 0 atom stereocenters. The number of rotatable bonds is 4. The fourth-order valence-electron chi connectivity index (χ4n) is 2.24. The van der Waals surface area contributed by atoms with E-state index in [4.69, 9.17) is 9.47 Å². The number of carbonyl (C=O) groups is 1. The van der Waals surface area contributed by atoms with E-state index in [1.54, 1.807) is 56.7 Å². The molecule has 3 rings (SSSR count). The summed E-state index contributed by atoms with van der Waals surface area (Å²) in [5.74, 6) is 1.02. The van der Waals surface area contributed by atoms with E-state index in [-0.39, 0.29) is 11.7 Å². The molecule has 1 fully saturated rings. The van der Waals surface area contributed by atoms with Gasteiger partial charge in [-0.05, 0) is 47.7 Å². The van der Waals surface area contributed by atoms with Crippen LogP contribution in [0, 0.1) is 0 Å². The summed E-state index contributed by atoms with van der Waals surface area (Å²) < 4.78 is 10.5. The molecule has 2 N–H and O–H groups in total. The number of hydrogen-bond acceptors (Lipinski definition) is 6. The molecule has 0 bridgehead atoms. The molecule has 2 aromatic rings. The molecule has 0 aliphatic carbocycles. The Bertz CT molecular complexity index is 877. The number of amides is 1. The van der Waals surface area contributed by atoms with Crippen molar-refractivity contribution in [1.29, 1.82) is 0 Å². The molecule has 0 saturated carbocycles. The SMILES string of the molecule is COc1ccc(/C=C2\SC(=Nc3ccccc3O)NC2=O)cc1OC. The van der Waals surface area contributed by atoms with Crippen LogP contribution in [0.15, 0.2) is 52.4 Å². The average Bonchev–Trinajstić information content (AvgIpc) is 2.96. The fourth-order valence-corrected chi connectivity index (χ4v) is 3.08. The first-order chi connectivity index (χ1) is 12.1. The predicted octanol–water partition coefficient (Wildman–Crippen LogP) is 3.30. The molecule has 0 aromatic heterocycles. The van der Waals surface area contributed by atoms with Gasteiger partial charge in [-0.25, -0.2) is 4.99 Å². The van der Waals surface area contributed by atoms with Gasteiger partial charge < -0.3 is 19.9 Å². The molecule has 128 valence electrons. The summed E-state index contributed by atoms with van der Waals surface area (Å²) >= 11 is 1.21. The smallest absolute Gasteiger partial charge is 0.264 e. The van der Waals surface area contributed by atoms with Crippen molar-refractivity contribution >= 4 is 34.6 Å². The molecule has 1 aliphatic heterocycles. The fraction of sp³-hybridized carbons (Fsp3) is 0.111. The topological polar surface area (TPSA) is 80.2 Å². The molecule has 0 radical (unpaired) electrons. The van der Waals surface area contributed by atoms with Crippen LogP contribution in [-0.4, -0.2) is 30.4 Å². The number of nitrogens with one attached hydrogen (secondary N) is 1. The van der Waals surface area contributed by atoms with Crippen molar-refractivity contribution in [3.05, 3.63) is 52.9 Å². The van der Waals surface area contributed by atoms with E-state index in [0.717, 1.165) is 5.56 Å². The number of amidine groups is 1. The summed E-state index contributed by atoms with van der Waals surface area (Å²) in [6.45, 7) is 0. The van der Waals surface area contributed by atoms with Crippen LogP contribution in [0.3, 0.4) is 0 Å². The Labute approximate surface area is 149 Å². The molecule has 0 unspecified atom stereocenters. The third-order valence-corrected chi connectivity index (χ3v) is 4.37. The highest BCUT2D eigenvalue weighted by Crippen LogP contribution is 2.33. The lowest BCUT2D eigenvalue weighted by atomic mass is 10.2. The summed E-state index contributed by atoms with van der Waals surface area (Å²) in [6.07, 6.45) is 1.75. The zero-order chi connectivity index (χ0) is 17.8. The second-order valence-electron chi connectivity index (χ2n) is 5.08. The maximum absolute atomic E-state index is 12.1. The van der Waals surface area contributed by atoms with E-state index in [0.29, 0.717) is 27.3 Å². The van der Waals surface area contributed by atoms with Gasteiger partial charge in [0, 0.05) is 0 Å². The van der Waals surface area contributed by atoms with Crippen LogP contribution in [0.4, 0.5) is 5.69 Å².